The Labute approximate surface area is 122 Å². The number of carbonyl (C=O) groups is 1. The summed E-state index contributed by atoms with van der Waals surface area (Å²) in [6, 6.07) is 11.2. The number of halogens is 1. The molecule has 2 aromatic carbocycles. The molecule has 3 rings (SSSR count). The van der Waals surface area contributed by atoms with E-state index in [1.165, 1.54) is 6.92 Å². The molecule has 5 heteroatoms. The van der Waals surface area contributed by atoms with Crippen LogP contribution in [0.5, 0.6) is 0 Å². The highest BCUT2D eigenvalue weighted by molar-refractivity contribution is 9.10. The number of hydrogen-bond donors (Lipinski definition) is 1. The summed E-state index contributed by atoms with van der Waals surface area (Å²) in [6.07, 6.45) is 0. The minimum absolute atomic E-state index is 0.152. The summed E-state index contributed by atoms with van der Waals surface area (Å²) in [7, 11) is 0. The Morgan fingerprint density at radius 3 is 2.65 bits per heavy atom. The van der Waals surface area contributed by atoms with E-state index in [0.29, 0.717) is 5.58 Å². The largest absolute Gasteiger partial charge is 0.421 e. The Bertz CT molecular complexity index is 899. The average molecular weight is 332 g/mol. The smallest absolute Gasteiger partial charge is 0.360 e. The van der Waals surface area contributed by atoms with Crippen molar-refractivity contribution < 1.29 is 9.21 Å². The second-order valence-corrected chi connectivity index (χ2v) is 5.43. The van der Waals surface area contributed by atoms with Crippen LogP contribution in [0.15, 0.2) is 50.1 Å². The Hall–Kier alpha value is -2.14. The molecule has 0 aliphatic heterocycles. The molecule has 1 heterocycles. The molecular weight excluding hydrogens is 322 g/mol. The summed E-state index contributed by atoms with van der Waals surface area (Å²) in [5.41, 5.74) is 0.0995. The highest BCUT2D eigenvalue weighted by atomic mass is 79.9. The van der Waals surface area contributed by atoms with Crippen LogP contribution >= 0.6 is 15.9 Å². The van der Waals surface area contributed by atoms with E-state index in [1.54, 1.807) is 6.07 Å². The van der Waals surface area contributed by atoms with Gasteiger partial charge in [-0.25, -0.2) is 4.79 Å². The normalized spacial score (nSPS) is 10.9. The molecule has 0 fully saturated rings. The molecule has 1 amide bonds. The minimum Gasteiger partial charge on any atom is -0.421 e. The van der Waals surface area contributed by atoms with Gasteiger partial charge in [-0.15, -0.1) is 0 Å². The van der Waals surface area contributed by atoms with E-state index in [4.69, 9.17) is 4.42 Å². The van der Waals surface area contributed by atoms with Crippen molar-refractivity contribution in [3.05, 3.63) is 51.3 Å². The summed E-state index contributed by atoms with van der Waals surface area (Å²) >= 11 is 3.42. The fraction of sp³-hybridized carbons (Fsp3) is 0.0667. The second-order valence-electron chi connectivity index (χ2n) is 4.51. The molecule has 1 aromatic heterocycles. The second kappa shape index (κ2) is 4.76. The molecule has 20 heavy (non-hydrogen) atoms. The van der Waals surface area contributed by atoms with Crippen molar-refractivity contribution >= 4 is 49.3 Å². The Kier molecular flexibility index (Phi) is 3.06. The molecule has 100 valence electrons. The third-order valence-corrected chi connectivity index (χ3v) is 3.46. The summed E-state index contributed by atoms with van der Waals surface area (Å²) in [6.45, 7) is 1.35. The molecule has 0 spiro atoms. The molecule has 0 unspecified atom stereocenters. The molecule has 0 bridgehead atoms. The lowest BCUT2D eigenvalue weighted by Gasteiger charge is -2.05. The lowest BCUT2D eigenvalue weighted by atomic mass is 10.1. The number of amides is 1. The van der Waals surface area contributed by atoms with Crippen LogP contribution in [0.4, 0.5) is 5.69 Å². The number of nitrogens with one attached hydrogen (secondary N) is 1. The van der Waals surface area contributed by atoms with E-state index in [0.717, 1.165) is 20.6 Å². The van der Waals surface area contributed by atoms with Crippen molar-refractivity contribution in [3.63, 3.8) is 0 Å². The van der Waals surface area contributed by atoms with Gasteiger partial charge in [0.15, 0.2) is 0 Å². The first-order chi connectivity index (χ1) is 9.52. The Balaban J connectivity index is 2.29. The molecule has 0 aliphatic carbocycles. The third kappa shape index (κ3) is 2.32. The van der Waals surface area contributed by atoms with Gasteiger partial charge in [0, 0.05) is 16.8 Å². The average Bonchev–Trinajstić information content (AvgIpc) is 2.37. The van der Waals surface area contributed by atoms with Crippen LogP contribution < -0.4 is 10.9 Å². The summed E-state index contributed by atoms with van der Waals surface area (Å²) < 4.78 is 6.23. The Morgan fingerprint density at radius 2 is 1.90 bits per heavy atom. The first-order valence-electron chi connectivity index (χ1n) is 5.98. The topological polar surface area (TPSA) is 59.3 Å². The monoisotopic (exact) mass is 331 g/mol. The molecule has 4 nitrogen and oxygen atoms in total. The summed E-state index contributed by atoms with van der Waals surface area (Å²) in [5, 5.41) is 5.24. The zero-order valence-corrected chi connectivity index (χ0v) is 12.2. The van der Waals surface area contributed by atoms with E-state index in [-0.39, 0.29) is 11.6 Å². The third-order valence-electron chi connectivity index (χ3n) is 2.96. The number of benzene rings is 2. The quantitative estimate of drug-likeness (QED) is 0.546. The van der Waals surface area contributed by atoms with Crippen molar-refractivity contribution in [2.45, 2.75) is 6.92 Å². The van der Waals surface area contributed by atoms with Crippen LogP contribution in [-0.4, -0.2) is 5.91 Å². The highest BCUT2D eigenvalue weighted by Gasteiger charge is 2.08. The van der Waals surface area contributed by atoms with Gasteiger partial charge in [-0.2, -0.15) is 0 Å². The van der Waals surface area contributed by atoms with Gasteiger partial charge in [0.25, 0.3) is 0 Å². The molecular formula is C15H10BrNO3. The highest BCUT2D eigenvalue weighted by Crippen LogP contribution is 2.26. The summed E-state index contributed by atoms with van der Waals surface area (Å²) in [4.78, 5) is 22.8. The first-order valence-corrected chi connectivity index (χ1v) is 6.77. The van der Waals surface area contributed by atoms with E-state index >= 15 is 0 Å². The molecule has 0 aliphatic rings. The molecule has 0 saturated heterocycles. The van der Waals surface area contributed by atoms with Crippen molar-refractivity contribution in [3.8, 4) is 0 Å². The maximum absolute atomic E-state index is 11.8. The fourth-order valence-electron chi connectivity index (χ4n) is 2.11. The lowest BCUT2D eigenvalue weighted by Crippen LogP contribution is -2.14. The number of carbonyl (C=O) groups excluding carboxylic acids is 1. The van der Waals surface area contributed by atoms with E-state index < -0.39 is 5.63 Å². The SMILES string of the molecule is CC(=O)Nc1cc2cc3cc(Br)ccc3cc2oc1=O. The fourth-order valence-corrected chi connectivity index (χ4v) is 2.49. The predicted molar refractivity (Wildman–Crippen MR) is 82.0 cm³/mol. The van der Waals surface area contributed by atoms with Gasteiger partial charge in [-0.3, -0.25) is 4.79 Å². The van der Waals surface area contributed by atoms with Crippen LogP contribution in [0.1, 0.15) is 6.92 Å². The van der Waals surface area contributed by atoms with Crippen LogP contribution in [0.25, 0.3) is 21.7 Å². The number of fused-ring (bicyclic) bond motifs is 2. The van der Waals surface area contributed by atoms with Crippen molar-refractivity contribution in [2.24, 2.45) is 0 Å². The van der Waals surface area contributed by atoms with Crippen molar-refractivity contribution in [2.75, 3.05) is 5.32 Å². The van der Waals surface area contributed by atoms with Gasteiger partial charge in [-0.05, 0) is 41.1 Å². The van der Waals surface area contributed by atoms with Crippen LogP contribution in [0, 0.1) is 0 Å². The minimum atomic E-state index is -0.552. The van der Waals surface area contributed by atoms with Gasteiger partial charge >= 0.3 is 5.63 Å². The van der Waals surface area contributed by atoms with E-state index in [2.05, 4.69) is 21.2 Å². The predicted octanol–water partition coefficient (Wildman–Crippen LogP) is 3.67. The number of hydrogen-bond acceptors (Lipinski definition) is 3. The molecule has 0 atom stereocenters. The van der Waals surface area contributed by atoms with Gasteiger partial charge in [0.05, 0.1) is 0 Å². The molecule has 1 N–H and O–H groups in total. The number of anilines is 1. The molecule has 3 aromatic rings. The maximum atomic E-state index is 11.8. The van der Waals surface area contributed by atoms with Crippen LogP contribution in [0.3, 0.4) is 0 Å². The van der Waals surface area contributed by atoms with Gasteiger partial charge in [0.1, 0.15) is 11.3 Å². The van der Waals surface area contributed by atoms with Crippen LogP contribution in [-0.2, 0) is 4.79 Å². The lowest BCUT2D eigenvalue weighted by molar-refractivity contribution is -0.114. The Morgan fingerprint density at radius 1 is 1.10 bits per heavy atom. The first kappa shape index (κ1) is 12.9. The number of rotatable bonds is 1. The zero-order valence-electron chi connectivity index (χ0n) is 10.6. The van der Waals surface area contributed by atoms with Crippen LogP contribution in [0.2, 0.25) is 0 Å². The van der Waals surface area contributed by atoms with Crippen molar-refractivity contribution in [1.82, 2.24) is 0 Å². The van der Waals surface area contributed by atoms with Crippen molar-refractivity contribution in [1.29, 1.82) is 0 Å². The van der Waals surface area contributed by atoms with E-state index in [9.17, 15) is 9.59 Å². The zero-order chi connectivity index (χ0) is 14.3. The maximum Gasteiger partial charge on any atom is 0.360 e. The van der Waals surface area contributed by atoms with Gasteiger partial charge in [0.2, 0.25) is 5.91 Å². The van der Waals surface area contributed by atoms with E-state index in [1.807, 2.05) is 30.3 Å². The summed E-state index contributed by atoms with van der Waals surface area (Å²) in [5.74, 6) is -0.305. The standard InChI is InChI=1S/C15H10BrNO3/c1-8(18)17-13-6-11-4-10-5-12(16)3-2-9(10)7-14(11)20-15(13)19/h2-7H,1H3,(H,17,18). The van der Waals surface area contributed by atoms with Gasteiger partial charge < -0.3 is 9.73 Å². The van der Waals surface area contributed by atoms with Gasteiger partial charge in [-0.1, -0.05) is 22.0 Å². The molecule has 0 radical (unpaired) electrons. The molecule has 0 saturated carbocycles.